The van der Waals surface area contributed by atoms with Gasteiger partial charge in [-0.3, -0.25) is 0 Å². The van der Waals surface area contributed by atoms with Crippen LogP contribution in [0.2, 0.25) is 0 Å². The summed E-state index contributed by atoms with van der Waals surface area (Å²) in [5, 5.41) is 0. The fraction of sp³-hybridized carbons (Fsp3) is 0.538. The Labute approximate surface area is 92.4 Å². The van der Waals surface area contributed by atoms with Gasteiger partial charge in [-0.25, -0.2) is 0 Å². The molecule has 0 saturated heterocycles. The Morgan fingerprint density at radius 3 is 2.73 bits per heavy atom. The van der Waals surface area contributed by atoms with Gasteiger partial charge in [0.1, 0.15) is 0 Å². The molecule has 2 N–H and O–H groups in total. The normalized spacial score (nSPS) is 12.7. The van der Waals surface area contributed by atoms with E-state index in [1.807, 2.05) is 12.1 Å². The van der Waals surface area contributed by atoms with Gasteiger partial charge in [-0.15, -0.1) is 0 Å². The zero-order chi connectivity index (χ0) is 11.1. The number of hydrogen-bond acceptors (Lipinski definition) is 2. The van der Waals surface area contributed by atoms with Crippen LogP contribution in [-0.4, -0.2) is 13.2 Å². The number of nitrogens with two attached hydrogens (primary N) is 1. The molecule has 2 heteroatoms. The van der Waals surface area contributed by atoms with Crippen molar-refractivity contribution in [3.63, 3.8) is 0 Å². The molecule has 0 saturated carbocycles. The first-order valence-corrected chi connectivity index (χ1v) is 5.64. The fourth-order valence-corrected chi connectivity index (χ4v) is 1.55. The first-order chi connectivity index (χ1) is 7.25. The Hall–Kier alpha value is -0.860. The van der Waals surface area contributed by atoms with E-state index < -0.39 is 0 Å². The molecule has 0 heterocycles. The minimum Gasteiger partial charge on any atom is -0.379 e. The number of aryl methyl sites for hydroxylation is 1. The van der Waals surface area contributed by atoms with Gasteiger partial charge in [0, 0.05) is 6.61 Å². The molecule has 1 unspecified atom stereocenters. The van der Waals surface area contributed by atoms with Crippen LogP contribution in [0.5, 0.6) is 0 Å². The van der Waals surface area contributed by atoms with Crippen LogP contribution in [0.3, 0.4) is 0 Å². The number of ether oxygens (including phenoxy) is 1. The van der Waals surface area contributed by atoms with Crippen molar-refractivity contribution in [2.45, 2.75) is 32.7 Å². The number of hydrogen-bond donors (Lipinski definition) is 1. The standard InChI is InChI=1S/C13H21NO/c1-3-4-9-15-10-13(14)12-8-6-5-7-11(12)2/h5-8,13H,3-4,9-10,14H2,1-2H3. The van der Waals surface area contributed by atoms with Crippen molar-refractivity contribution in [3.8, 4) is 0 Å². The van der Waals surface area contributed by atoms with E-state index in [0.29, 0.717) is 6.61 Å². The lowest BCUT2D eigenvalue weighted by Gasteiger charge is -2.14. The molecule has 0 aliphatic carbocycles. The Morgan fingerprint density at radius 1 is 1.33 bits per heavy atom. The lowest BCUT2D eigenvalue weighted by atomic mass is 10.0. The highest BCUT2D eigenvalue weighted by atomic mass is 16.5. The van der Waals surface area contributed by atoms with E-state index in [1.54, 1.807) is 0 Å². The highest BCUT2D eigenvalue weighted by molar-refractivity contribution is 5.28. The maximum atomic E-state index is 6.05. The molecule has 0 aliphatic rings. The van der Waals surface area contributed by atoms with Crippen LogP contribution in [0, 0.1) is 6.92 Å². The third-order valence-electron chi connectivity index (χ3n) is 2.53. The zero-order valence-corrected chi connectivity index (χ0v) is 9.70. The van der Waals surface area contributed by atoms with Crippen molar-refractivity contribution < 1.29 is 4.74 Å². The van der Waals surface area contributed by atoms with Crippen LogP contribution in [0.4, 0.5) is 0 Å². The van der Waals surface area contributed by atoms with E-state index in [2.05, 4.69) is 26.0 Å². The van der Waals surface area contributed by atoms with Crippen molar-refractivity contribution in [1.29, 1.82) is 0 Å². The fourth-order valence-electron chi connectivity index (χ4n) is 1.55. The Morgan fingerprint density at radius 2 is 2.07 bits per heavy atom. The summed E-state index contributed by atoms with van der Waals surface area (Å²) in [6.07, 6.45) is 2.28. The Balaban J connectivity index is 2.40. The summed E-state index contributed by atoms with van der Waals surface area (Å²) in [4.78, 5) is 0. The van der Waals surface area contributed by atoms with E-state index in [-0.39, 0.29) is 6.04 Å². The average molecular weight is 207 g/mol. The molecule has 2 nitrogen and oxygen atoms in total. The molecule has 0 aromatic heterocycles. The molecular formula is C13H21NO. The molecule has 0 aliphatic heterocycles. The minimum absolute atomic E-state index is 0.00283. The van der Waals surface area contributed by atoms with Gasteiger partial charge in [-0.1, -0.05) is 37.6 Å². The summed E-state index contributed by atoms with van der Waals surface area (Å²) < 4.78 is 5.52. The predicted octanol–water partition coefficient (Wildman–Crippen LogP) is 2.81. The quantitative estimate of drug-likeness (QED) is 0.728. The second kappa shape index (κ2) is 6.59. The van der Waals surface area contributed by atoms with Gasteiger partial charge in [0.2, 0.25) is 0 Å². The highest BCUT2D eigenvalue weighted by Crippen LogP contribution is 2.15. The molecule has 84 valence electrons. The molecule has 1 aromatic carbocycles. The molecule has 0 fully saturated rings. The molecule has 15 heavy (non-hydrogen) atoms. The summed E-state index contributed by atoms with van der Waals surface area (Å²) >= 11 is 0. The number of benzene rings is 1. The number of unbranched alkanes of at least 4 members (excludes halogenated alkanes) is 1. The average Bonchev–Trinajstić information content (AvgIpc) is 2.25. The van der Waals surface area contributed by atoms with Crippen molar-refractivity contribution in [2.75, 3.05) is 13.2 Å². The van der Waals surface area contributed by atoms with Gasteiger partial charge < -0.3 is 10.5 Å². The molecule has 0 bridgehead atoms. The summed E-state index contributed by atoms with van der Waals surface area (Å²) in [7, 11) is 0. The van der Waals surface area contributed by atoms with Crippen LogP contribution in [0.1, 0.15) is 36.9 Å². The van der Waals surface area contributed by atoms with Crippen LogP contribution in [0.15, 0.2) is 24.3 Å². The monoisotopic (exact) mass is 207 g/mol. The summed E-state index contributed by atoms with van der Waals surface area (Å²) in [6.45, 7) is 5.67. The molecule has 1 aromatic rings. The van der Waals surface area contributed by atoms with E-state index in [0.717, 1.165) is 13.0 Å². The first kappa shape index (κ1) is 12.2. The van der Waals surface area contributed by atoms with Crippen molar-refractivity contribution in [1.82, 2.24) is 0 Å². The third-order valence-corrected chi connectivity index (χ3v) is 2.53. The van der Waals surface area contributed by atoms with Gasteiger partial charge in [0.25, 0.3) is 0 Å². The van der Waals surface area contributed by atoms with Gasteiger partial charge in [-0.2, -0.15) is 0 Å². The molecular weight excluding hydrogens is 186 g/mol. The molecule has 1 atom stereocenters. The van der Waals surface area contributed by atoms with E-state index in [4.69, 9.17) is 10.5 Å². The van der Waals surface area contributed by atoms with Crippen molar-refractivity contribution in [3.05, 3.63) is 35.4 Å². The molecule has 0 spiro atoms. The SMILES string of the molecule is CCCCOCC(N)c1ccccc1C. The maximum absolute atomic E-state index is 6.05. The third kappa shape index (κ3) is 4.02. The van der Waals surface area contributed by atoms with Crippen LogP contribution in [0.25, 0.3) is 0 Å². The van der Waals surface area contributed by atoms with Crippen LogP contribution < -0.4 is 5.73 Å². The second-order valence-electron chi connectivity index (χ2n) is 3.89. The molecule has 0 radical (unpaired) electrons. The van der Waals surface area contributed by atoms with E-state index in [9.17, 15) is 0 Å². The lowest BCUT2D eigenvalue weighted by Crippen LogP contribution is -2.18. The highest BCUT2D eigenvalue weighted by Gasteiger charge is 2.07. The van der Waals surface area contributed by atoms with Gasteiger partial charge >= 0.3 is 0 Å². The smallest absolute Gasteiger partial charge is 0.0659 e. The Bertz CT molecular complexity index is 286. The van der Waals surface area contributed by atoms with Crippen molar-refractivity contribution >= 4 is 0 Å². The minimum atomic E-state index is 0.00283. The maximum Gasteiger partial charge on any atom is 0.0659 e. The largest absolute Gasteiger partial charge is 0.379 e. The van der Waals surface area contributed by atoms with Crippen LogP contribution in [-0.2, 0) is 4.74 Å². The lowest BCUT2D eigenvalue weighted by molar-refractivity contribution is 0.118. The molecule has 1 rings (SSSR count). The predicted molar refractivity (Wildman–Crippen MR) is 63.8 cm³/mol. The number of rotatable bonds is 6. The second-order valence-corrected chi connectivity index (χ2v) is 3.89. The van der Waals surface area contributed by atoms with Gasteiger partial charge in [0.05, 0.1) is 12.6 Å². The topological polar surface area (TPSA) is 35.2 Å². The van der Waals surface area contributed by atoms with Crippen LogP contribution >= 0.6 is 0 Å². The summed E-state index contributed by atoms with van der Waals surface area (Å²) in [6, 6.07) is 8.21. The summed E-state index contributed by atoms with van der Waals surface area (Å²) in [5.41, 5.74) is 8.48. The van der Waals surface area contributed by atoms with E-state index in [1.165, 1.54) is 17.5 Å². The molecule has 0 amide bonds. The van der Waals surface area contributed by atoms with Gasteiger partial charge in [0.15, 0.2) is 0 Å². The van der Waals surface area contributed by atoms with Crippen molar-refractivity contribution in [2.24, 2.45) is 5.73 Å². The first-order valence-electron chi connectivity index (χ1n) is 5.64. The summed E-state index contributed by atoms with van der Waals surface area (Å²) in [5.74, 6) is 0. The Kier molecular flexibility index (Phi) is 5.37. The van der Waals surface area contributed by atoms with E-state index >= 15 is 0 Å². The van der Waals surface area contributed by atoms with Gasteiger partial charge in [-0.05, 0) is 24.5 Å². The zero-order valence-electron chi connectivity index (χ0n) is 9.70.